The van der Waals surface area contributed by atoms with Gasteiger partial charge in [-0.2, -0.15) is 0 Å². The lowest BCUT2D eigenvalue weighted by Crippen LogP contribution is -2.50. The Hall–Kier alpha value is -1.99. The smallest absolute Gasteiger partial charge is 0.329 e. The molecular formula is C15H20N2O5. The fraction of sp³-hybridized carbons (Fsp3) is 0.533. The monoisotopic (exact) mass is 308 g/mol. The number of hydrogen-bond donors (Lipinski definition) is 2. The maximum absolute atomic E-state index is 12.3. The summed E-state index contributed by atoms with van der Waals surface area (Å²) in [6.07, 6.45) is 2.49. The highest BCUT2D eigenvalue weighted by Crippen LogP contribution is 2.13. The number of carboxylic acid groups (broad SMARTS) is 1. The van der Waals surface area contributed by atoms with Crippen molar-refractivity contribution in [3.63, 3.8) is 0 Å². The van der Waals surface area contributed by atoms with Crippen LogP contribution < -0.4 is 5.32 Å². The molecule has 0 aromatic carbocycles. The average molecular weight is 308 g/mol. The van der Waals surface area contributed by atoms with E-state index in [0.29, 0.717) is 18.6 Å². The van der Waals surface area contributed by atoms with E-state index in [0.717, 1.165) is 12.1 Å². The molecule has 1 aliphatic heterocycles. The molecule has 7 heteroatoms. The van der Waals surface area contributed by atoms with Crippen molar-refractivity contribution < 1.29 is 24.2 Å². The van der Waals surface area contributed by atoms with Crippen molar-refractivity contribution in [1.82, 2.24) is 10.3 Å². The average Bonchev–Trinajstić information content (AvgIpc) is 2.54. The van der Waals surface area contributed by atoms with E-state index in [2.05, 4.69) is 10.3 Å². The summed E-state index contributed by atoms with van der Waals surface area (Å²) in [6.45, 7) is 2.34. The van der Waals surface area contributed by atoms with Gasteiger partial charge in [-0.15, -0.1) is 0 Å². The number of amides is 1. The standard InChI is InChI=1S/C15H20N2O5/c1-2-11-7-10(3-5-16-11)15(20)17-12-4-6-21-8-13(12)22-9-14(18)19/h3,5,7,12-13H,2,4,6,8-9H2,1H3,(H,17,20)(H,18,19)/t12-,13-/m1/s1. The zero-order chi connectivity index (χ0) is 15.9. The van der Waals surface area contributed by atoms with Crippen molar-refractivity contribution in [2.75, 3.05) is 19.8 Å². The summed E-state index contributed by atoms with van der Waals surface area (Å²) in [5.74, 6) is -1.26. The molecule has 1 aromatic rings. The highest BCUT2D eigenvalue weighted by atomic mass is 16.5. The third kappa shape index (κ3) is 4.51. The number of carboxylic acids is 1. The predicted molar refractivity (Wildman–Crippen MR) is 77.7 cm³/mol. The van der Waals surface area contributed by atoms with E-state index in [4.69, 9.17) is 14.6 Å². The lowest BCUT2D eigenvalue weighted by atomic mass is 10.1. The molecule has 0 spiro atoms. The van der Waals surface area contributed by atoms with Crippen LogP contribution in [0.1, 0.15) is 29.4 Å². The van der Waals surface area contributed by atoms with Gasteiger partial charge in [0.05, 0.1) is 12.6 Å². The number of nitrogens with zero attached hydrogens (tertiary/aromatic N) is 1. The first-order valence-corrected chi connectivity index (χ1v) is 7.27. The Morgan fingerprint density at radius 3 is 3.09 bits per heavy atom. The van der Waals surface area contributed by atoms with Gasteiger partial charge in [0, 0.05) is 24.1 Å². The second-order valence-corrected chi connectivity index (χ2v) is 5.08. The second-order valence-electron chi connectivity index (χ2n) is 5.08. The van der Waals surface area contributed by atoms with Crippen LogP contribution in [-0.2, 0) is 20.7 Å². The molecule has 2 atom stereocenters. The minimum atomic E-state index is -1.04. The van der Waals surface area contributed by atoms with Crippen molar-refractivity contribution in [1.29, 1.82) is 0 Å². The highest BCUT2D eigenvalue weighted by molar-refractivity contribution is 5.94. The van der Waals surface area contributed by atoms with Gasteiger partial charge in [-0.1, -0.05) is 6.92 Å². The minimum Gasteiger partial charge on any atom is -0.480 e. The molecule has 1 aliphatic rings. The van der Waals surface area contributed by atoms with E-state index in [1.54, 1.807) is 18.3 Å². The summed E-state index contributed by atoms with van der Waals surface area (Å²) in [6, 6.07) is 3.14. The molecule has 0 saturated carbocycles. The van der Waals surface area contributed by atoms with Crippen molar-refractivity contribution >= 4 is 11.9 Å². The Labute approximate surface area is 128 Å². The van der Waals surface area contributed by atoms with Gasteiger partial charge in [-0.3, -0.25) is 9.78 Å². The lowest BCUT2D eigenvalue weighted by molar-refractivity contribution is -0.148. The summed E-state index contributed by atoms with van der Waals surface area (Å²) in [5, 5.41) is 11.6. The fourth-order valence-electron chi connectivity index (χ4n) is 2.28. The van der Waals surface area contributed by atoms with E-state index in [1.807, 2.05) is 6.92 Å². The third-order valence-corrected chi connectivity index (χ3v) is 3.48. The Morgan fingerprint density at radius 2 is 2.36 bits per heavy atom. The van der Waals surface area contributed by atoms with Gasteiger partial charge in [0.25, 0.3) is 5.91 Å². The molecule has 1 fully saturated rings. The summed E-state index contributed by atoms with van der Waals surface area (Å²) in [7, 11) is 0. The quantitative estimate of drug-likeness (QED) is 0.800. The maximum Gasteiger partial charge on any atom is 0.329 e. The largest absolute Gasteiger partial charge is 0.480 e. The zero-order valence-corrected chi connectivity index (χ0v) is 12.4. The van der Waals surface area contributed by atoms with Crippen molar-refractivity contribution in [3.05, 3.63) is 29.6 Å². The van der Waals surface area contributed by atoms with Crippen LogP contribution >= 0.6 is 0 Å². The van der Waals surface area contributed by atoms with Crippen molar-refractivity contribution in [2.45, 2.75) is 31.9 Å². The number of rotatable bonds is 6. The van der Waals surface area contributed by atoms with E-state index < -0.39 is 18.7 Å². The summed E-state index contributed by atoms with van der Waals surface area (Å²) >= 11 is 0. The maximum atomic E-state index is 12.3. The molecule has 2 rings (SSSR count). The molecule has 1 saturated heterocycles. The normalized spacial score (nSPS) is 21.3. The van der Waals surface area contributed by atoms with Crippen LogP contribution in [0.3, 0.4) is 0 Å². The second kappa shape index (κ2) is 7.86. The Bertz CT molecular complexity index is 534. The molecule has 1 aromatic heterocycles. The number of aryl methyl sites for hydroxylation is 1. The first-order chi connectivity index (χ1) is 10.6. The number of nitrogens with one attached hydrogen (secondary N) is 1. The summed E-state index contributed by atoms with van der Waals surface area (Å²) in [4.78, 5) is 27.1. The van der Waals surface area contributed by atoms with Crippen LogP contribution in [0.5, 0.6) is 0 Å². The van der Waals surface area contributed by atoms with Crippen LogP contribution in [0.25, 0.3) is 0 Å². The number of aliphatic carboxylic acids is 1. The van der Waals surface area contributed by atoms with Crippen molar-refractivity contribution in [2.24, 2.45) is 0 Å². The first-order valence-electron chi connectivity index (χ1n) is 7.27. The molecule has 2 heterocycles. The molecule has 1 amide bonds. The molecule has 120 valence electrons. The van der Waals surface area contributed by atoms with Gasteiger partial charge in [-0.05, 0) is 25.0 Å². The Morgan fingerprint density at radius 1 is 1.55 bits per heavy atom. The van der Waals surface area contributed by atoms with Crippen LogP contribution in [-0.4, -0.2) is 53.9 Å². The molecule has 0 radical (unpaired) electrons. The van der Waals surface area contributed by atoms with Crippen LogP contribution in [0, 0.1) is 0 Å². The molecule has 7 nitrogen and oxygen atoms in total. The van der Waals surface area contributed by atoms with Crippen LogP contribution in [0.4, 0.5) is 0 Å². The van der Waals surface area contributed by atoms with Gasteiger partial charge in [0.2, 0.25) is 0 Å². The zero-order valence-electron chi connectivity index (χ0n) is 12.4. The molecule has 22 heavy (non-hydrogen) atoms. The van der Waals surface area contributed by atoms with E-state index in [1.165, 1.54) is 0 Å². The number of ether oxygens (including phenoxy) is 2. The molecule has 0 unspecified atom stereocenters. The van der Waals surface area contributed by atoms with Crippen LogP contribution in [0.15, 0.2) is 18.3 Å². The highest BCUT2D eigenvalue weighted by Gasteiger charge is 2.28. The van der Waals surface area contributed by atoms with E-state index in [9.17, 15) is 9.59 Å². The van der Waals surface area contributed by atoms with Gasteiger partial charge < -0.3 is 19.9 Å². The number of carbonyl (C=O) groups is 2. The van der Waals surface area contributed by atoms with Crippen LogP contribution in [0.2, 0.25) is 0 Å². The van der Waals surface area contributed by atoms with Gasteiger partial charge in [0.1, 0.15) is 12.7 Å². The number of aromatic nitrogens is 1. The first kappa shape index (κ1) is 16.4. The molecule has 0 aliphatic carbocycles. The number of pyridine rings is 1. The predicted octanol–water partition coefficient (Wildman–Crippen LogP) is 0.632. The van der Waals surface area contributed by atoms with Gasteiger partial charge in [-0.25, -0.2) is 4.79 Å². The molecule has 2 N–H and O–H groups in total. The minimum absolute atomic E-state index is 0.215. The molecular weight excluding hydrogens is 288 g/mol. The summed E-state index contributed by atoms with van der Waals surface area (Å²) in [5.41, 5.74) is 1.38. The lowest BCUT2D eigenvalue weighted by Gasteiger charge is -2.31. The van der Waals surface area contributed by atoms with E-state index >= 15 is 0 Å². The Kier molecular flexibility index (Phi) is 5.85. The topological polar surface area (TPSA) is 97.8 Å². The Balaban J connectivity index is 1.99. The molecule has 0 bridgehead atoms. The van der Waals surface area contributed by atoms with Gasteiger partial charge >= 0.3 is 5.97 Å². The SMILES string of the molecule is CCc1cc(C(=O)N[C@@H]2CCOC[C@H]2OCC(=O)O)ccn1. The number of carbonyl (C=O) groups excluding carboxylic acids is 1. The third-order valence-electron chi connectivity index (χ3n) is 3.48. The number of hydrogen-bond acceptors (Lipinski definition) is 5. The van der Waals surface area contributed by atoms with E-state index in [-0.39, 0.29) is 18.6 Å². The van der Waals surface area contributed by atoms with Gasteiger partial charge in [0.15, 0.2) is 0 Å². The summed E-state index contributed by atoms with van der Waals surface area (Å²) < 4.78 is 10.6. The fourth-order valence-corrected chi connectivity index (χ4v) is 2.28. The van der Waals surface area contributed by atoms with Crippen molar-refractivity contribution in [3.8, 4) is 0 Å².